The van der Waals surface area contributed by atoms with Crippen molar-refractivity contribution in [3.8, 4) is 0 Å². The third kappa shape index (κ3) is 3.80. The van der Waals surface area contributed by atoms with Crippen molar-refractivity contribution in [3.63, 3.8) is 0 Å². The number of hydrogen-bond donors (Lipinski definition) is 1. The molecule has 0 spiro atoms. The van der Waals surface area contributed by atoms with Crippen molar-refractivity contribution in [3.05, 3.63) is 22.4 Å². The van der Waals surface area contributed by atoms with Gasteiger partial charge in [-0.05, 0) is 17.9 Å². The molecule has 2 nitrogen and oxygen atoms in total. The average molecular weight is 276 g/mol. The van der Waals surface area contributed by atoms with Crippen LogP contribution >= 0.6 is 27.3 Å². The Hall–Kier alpha value is -0.350. The first-order valence-corrected chi connectivity index (χ1v) is 6.64. The van der Waals surface area contributed by atoms with Crippen LogP contribution in [0, 0.1) is 0 Å². The molecular weight excluding hydrogens is 262 g/mol. The van der Waals surface area contributed by atoms with E-state index >= 15 is 0 Å². The highest BCUT2D eigenvalue weighted by Gasteiger charge is 2.09. The number of alkyl halides is 1. The van der Waals surface area contributed by atoms with E-state index in [0.29, 0.717) is 6.42 Å². The Morgan fingerprint density at radius 3 is 3.00 bits per heavy atom. The number of hydrogen-bond acceptors (Lipinski definition) is 2. The first kappa shape index (κ1) is 11.7. The highest BCUT2D eigenvalue weighted by Crippen LogP contribution is 2.09. The molecule has 4 heteroatoms. The fraction of sp³-hybridized carbons (Fsp3) is 0.500. The lowest BCUT2D eigenvalue weighted by molar-refractivity contribution is -0.120. The van der Waals surface area contributed by atoms with Crippen LogP contribution in [0.1, 0.15) is 18.2 Å². The standard InChI is InChI=1S/C10H14BrNOS/c1-2-8(7-11)12-10(13)6-9-4-3-5-14-9/h3-5,8H,2,6-7H2,1H3,(H,12,13). The lowest BCUT2D eigenvalue weighted by Gasteiger charge is -2.13. The summed E-state index contributed by atoms with van der Waals surface area (Å²) in [5.41, 5.74) is 0. The summed E-state index contributed by atoms with van der Waals surface area (Å²) in [6, 6.07) is 4.21. The summed E-state index contributed by atoms with van der Waals surface area (Å²) in [4.78, 5) is 12.6. The minimum absolute atomic E-state index is 0.110. The van der Waals surface area contributed by atoms with Crippen LogP contribution < -0.4 is 5.32 Å². The maximum absolute atomic E-state index is 11.5. The van der Waals surface area contributed by atoms with Crippen LogP contribution in [0.3, 0.4) is 0 Å². The number of halogens is 1. The first-order chi connectivity index (χ1) is 6.76. The van der Waals surface area contributed by atoms with E-state index in [4.69, 9.17) is 0 Å². The molecule has 0 saturated carbocycles. The van der Waals surface area contributed by atoms with Crippen LogP contribution in [-0.2, 0) is 11.2 Å². The molecule has 1 unspecified atom stereocenters. The third-order valence-corrected chi connectivity index (χ3v) is 3.62. The molecule has 1 aromatic rings. The van der Waals surface area contributed by atoms with Gasteiger partial charge in [-0.3, -0.25) is 4.79 Å². The Labute approximate surface area is 96.8 Å². The number of rotatable bonds is 5. The normalized spacial score (nSPS) is 12.4. The molecule has 1 N–H and O–H groups in total. The molecule has 1 rings (SSSR count). The van der Waals surface area contributed by atoms with E-state index < -0.39 is 0 Å². The minimum atomic E-state index is 0.110. The molecule has 0 bridgehead atoms. The smallest absolute Gasteiger partial charge is 0.225 e. The van der Waals surface area contributed by atoms with E-state index in [9.17, 15) is 4.79 Å². The second-order valence-corrected chi connectivity index (χ2v) is 4.76. The lowest BCUT2D eigenvalue weighted by atomic mass is 10.2. The largest absolute Gasteiger partial charge is 0.352 e. The van der Waals surface area contributed by atoms with Gasteiger partial charge < -0.3 is 5.32 Å². The molecule has 78 valence electrons. The van der Waals surface area contributed by atoms with Crippen molar-refractivity contribution < 1.29 is 4.79 Å². The average Bonchev–Trinajstić information content (AvgIpc) is 2.66. The summed E-state index contributed by atoms with van der Waals surface area (Å²) in [6.45, 7) is 2.07. The molecular formula is C10H14BrNOS. The van der Waals surface area contributed by atoms with Crippen LogP contribution in [0.15, 0.2) is 17.5 Å². The van der Waals surface area contributed by atoms with E-state index in [1.54, 1.807) is 11.3 Å². The molecule has 0 aliphatic carbocycles. The van der Waals surface area contributed by atoms with Gasteiger partial charge in [-0.2, -0.15) is 0 Å². The van der Waals surface area contributed by atoms with Crippen molar-refractivity contribution in [2.24, 2.45) is 0 Å². The van der Waals surface area contributed by atoms with E-state index in [0.717, 1.165) is 16.6 Å². The second-order valence-electron chi connectivity index (χ2n) is 3.08. The first-order valence-electron chi connectivity index (χ1n) is 4.64. The van der Waals surface area contributed by atoms with Gasteiger partial charge in [-0.15, -0.1) is 11.3 Å². The predicted molar refractivity (Wildman–Crippen MR) is 64.0 cm³/mol. The number of thiophene rings is 1. The van der Waals surface area contributed by atoms with Gasteiger partial charge in [0.2, 0.25) is 5.91 Å². The topological polar surface area (TPSA) is 29.1 Å². The number of carbonyl (C=O) groups excluding carboxylic acids is 1. The summed E-state index contributed by atoms with van der Waals surface area (Å²) in [5, 5.41) is 5.79. The zero-order valence-electron chi connectivity index (χ0n) is 8.13. The van der Waals surface area contributed by atoms with Gasteiger partial charge in [0.25, 0.3) is 0 Å². The summed E-state index contributed by atoms with van der Waals surface area (Å²) in [6.07, 6.45) is 1.46. The maximum Gasteiger partial charge on any atom is 0.225 e. The molecule has 0 aliphatic heterocycles. The zero-order chi connectivity index (χ0) is 10.4. The second kappa shape index (κ2) is 6.19. The van der Waals surface area contributed by atoms with E-state index in [2.05, 4.69) is 28.2 Å². The van der Waals surface area contributed by atoms with Crippen LogP contribution in [0.25, 0.3) is 0 Å². The molecule has 1 heterocycles. The van der Waals surface area contributed by atoms with Crippen molar-refractivity contribution in [2.45, 2.75) is 25.8 Å². The van der Waals surface area contributed by atoms with Crippen LogP contribution in [-0.4, -0.2) is 17.3 Å². The Morgan fingerprint density at radius 2 is 2.50 bits per heavy atom. The quantitative estimate of drug-likeness (QED) is 0.823. The van der Waals surface area contributed by atoms with Crippen molar-refractivity contribution >= 4 is 33.2 Å². The van der Waals surface area contributed by atoms with E-state index in [-0.39, 0.29) is 11.9 Å². The Kier molecular flexibility index (Phi) is 5.19. The summed E-state index contributed by atoms with van der Waals surface area (Å²) < 4.78 is 0. The zero-order valence-corrected chi connectivity index (χ0v) is 10.5. The molecule has 0 aliphatic rings. The number of amides is 1. The Balaban J connectivity index is 2.35. The van der Waals surface area contributed by atoms with Crippen LogP contribution in [0.4, 0.5) is 0 Å². The fourth-order valence-electron chi connectivity index (χ4n) is 1.10. The van der Waals surface area contributed by atoms with Gasteiger partial charge in [-0.1, -0.05) is 28.9 Å². The van der Waals surface area contributed by atoms with Crippen molar-refractivity contribution in [1.29, 1.82) is 0 Å². The fourth-order valence-corrected chi connectivity index (χ4v) is 2.42. The van der Waals surface area contributed by atoms with Gasteiger partial charge in [0.05, 0.1) is 6.42 Å². The molecule has 0 radical (unpaired) electrons. The van der Waals surface area contributed by atoms with Crippen molar-refractivity contribution in [2.75, 3.05) is 5.33 Å². The van der Waals surface area contributed by atoms with E-state index in [1.165, 1.54) is 0 Å². The Bertz CT molecular complexity index is 270. The highest BCUT2D eigenvalue weighted by molar-refractivity contribution is 9.09. The number of nitrogens with one attached hydrogen (secondary N) is 1. The molecule has 14 heavy (non-hydrogen) atoms. The maximum atomic E-state index is 11.5. The van der Waals surface area contributed by atoms with Gasteiger partial charge in [0.1, 0.15) is 0 Å². The monoisotopic (exact) mass is 275 g/mol. The molecule has 1 atom stereocenters. The van der Waals surface area contributed by atoms with Crippen LogP contribution in [0.2, 0.25) is 0 Å². The molecule has 0 saturated heterocycles. The Morgan fingerprint density at radius 1 is 1.71 bits per heavy atom. The molecule has 0 aromatic carbocycles. The molecule has 1 aromatic heterocycles. The molecule has 0 fully saturated rings. The van der Waals surface area contributed by atoms with E-state index in [1.807, 2.05) is 17.5 Å². The van der Waals surface area contributed by atoms with Gasteiger partial charge in [-0.25, -0.2) is 0 Å². The SMILES string of the molecule is CCC(CBr)NC(=O)Cc1cccs1. The predicted octanol–water partition coefficient (Wildman–Crippen LogP) is 2.58. The summed E-state index contributed by atoms with van der Waals surface area (Å²) >= 11 is 4.99. The van der Waals surface area contributed by atoms with Crippen LogP contribution in [0.5, 0.6) is 0 Å². The summed E-state index contributed by atoms with van der Waals surface area (Å²) in [7, 11) is 0. The lowest BCUT2D eigenvalue weighted by Crippen LogP contribution is -2.36. The molecule has 1 amide bonds. The minimum Gasteiger partial charge on any atom is -0.352 e. The van der Waals surface area contributed by atoms with Gasteiger partial charge in [0.15, 0.2) is 0 Å². The summed E-state index contributed by atoms with van der Waals surface area (Å²) in [5.74, 6) is 0.110. The van der Waals surface area contributed by atoms with Crippen molar-refractivity contribution in [1.82, 2.24) is 5.32 Å². The number of carbonyl (C=O) groups is 1. The van der Waals surface area contributed by atoms with Gasteiger partial charge in [0, 0.05) is 16.2 Å². The third-order valence-electron chi connectivity index (χ3n) is 1.96. The highest BCUT2D eigenvalue weighted by atomic mass is 79.9. The van der Waals surface area contributed by atoms with Gasteiger partial charge >= 0.3 is 0 Å².